The fourth-order valence-corrected chi connectivity index (χ4v) is 2.63. The first-order valence-electron chi connectivity index (χ1n) is 7.13. The summed E-state index contributed by atoms with van der Waals surface area (Å²) in [7, 11) is 1.76. The zero-order chi connectivity index (χ0) is 11.5. The maximum Gasteiger partial charge on any atom is 0.0587 e. The van der Waals surface area contributed by atoms with E-state index in [1.54, 1.807) is 7.11 Å². The van der Waals surface area contributed by atoms with Crippen LogP contribution >= 0.6 is 0 Å². The number of hydrogen-bond acceptors (Lipinski definition) is 2. The van der Waals surface area contributed by atoms with E-state index >= 15 is 0 Å². The van der Waals surface area contributed by atoms with Crippen molar-refractivity contribution in [1.29, 1.82) is 0 Å². The van der Waals surface area contributed by atoms with Crippen LogP contribution in [0, 0.1) is 5.92 Å². The molecule has 1 fully saturated rings. The van der Waals surface area contributed by atoms with E-state index in [0.29, 0.717) is 0 Å². The largest absolute Gasteiger partial charge is 0.383 e. The molecule has 0 atom stereocenters. The summed E-state index contributed by atoms with van der Waals surface area (Å²) in [5.41, 5.74) is 0. The SMILES string of the molecule is COCCNCCCCC1CCCCCC1. The average molecular weight is 227 g/mol. The summed E-state index contributed by atoms with van der Waals surface area (Å²) in [6, 6.07) is 0. The van der Waals surface area contributed by atoms with Crippen LogP contribution in [0.15, 0.2) is 0 Å². The molecule has 1 rings (SSSR count). The lowest BCUT2D eigenvalue weighted by Gasteiger charge is -2.13. The molecule has 96 valence electrons. The number of rotatable bonds is 8. The molecule has 0 aliphatic heterocycles. The van der Waals surface area contributed by atoms with Gasteiger partial charge in [-0.15, -0.1) is 0 Å². The van der Waals surface area contributed by atoms with Gasteiger partial charge in [0.25, 0.3) is 0 Å². The highest BCUT2D eigenvalue weighted by Crippen LogP contribution is 2.26. The van der Waals surface area contributed by atoms with Gasteiger partial charge in [0.2, 0.25) is 0 Å². The standard InChI is InChI=1S/C14H29NO/c1-16-13-12-15-11-7-6-10-14-8-4-2-3-5-9-14/h14-15H,2-13H2,1H3. The zero-order valence-corrected chi connectivity index (χ0v) is 11.0. The molecular formula is C14H29NO. The van der Waals surface area contributed by atoms with E-state index in [1.807, 2.05) is 0 Å². The van der Waals surface area contributed by atoms with Gasteiger partial charge >= 0.3 is 0 Å². The zero-order valence-electron chi connectivity index (χ0n) is 11.0. The number of hydrogen-bond donors (Lipinski definition) is 1. The lowest BCUT2D eigenvalue weighted by Crippen LogP contribution is -2.20. The molecule has 0 radical (unpaired) electrons. The third kappa shape index (κ3) is 7.24. The van der Waals surface area contributed by atoms with Gasteiger partial charge in [0.05, 0.1) is 6.61 Å². The Bertz CT molecular complexity index is 142. The van der Waals surface area contributed by atoms with Crippen molar-refractivity contribution < 1.29 is 4.74 Å². The molecule has 1 saturated carbocycles. The topological polar surface area (TPSA) is 21.3 Å². The van der Waals surface area contributed by atoms with Crippen molar-refractivity contribution in [1.82, 2.24) is 5.32 Å². The summed E-state index contributed by atoms with van der Waals surface area (Å²) in [6.45, 7) is 3.00. The van der Waals surface area contributed by atoms with Gasteiger partial charge in [-0.25, -0.2) is 0 Å². The molecule has 0 unspecified atom stereocenters. The predicted octanol–water partition coefficient (Wildman–Crippen LogP) is 3.36. The van der Waals surface area contributed by atoms with Gasteiger partial charge in [-0.1, -0.05) is 51.4 Å². The Labute approximate surface area is 101 Å². The Kier molecular flexibility index (Phi) is 8.83. The molecule has 0 aromatic carbocycles. The van der Waals surface area contributed by atoms with Gasteiger partial charge in [-0.3, -0.25) is 0 Å². The Balaban J connectivity index is 1.86. The third-order valence-electron chi connectivity index (χ3n) is 3.67. The molecule has 1 N–H and O–H groups in total. The minimum atomic E-state index is 0.836. The van der Waals surface area contributed by atoms with Gasteiger partial charge in [0.1, 0.15) is 0 Å². The summed E-state index contributed by atoms with van der Waals surface area (Å²) < 4.78 is 4.99. The molecule has 0 aromatic heterocycles. The van der Waals surface area contributed by atoms with E-state index in [4.69, 9.17) is 4.74 Å². The van der Waals surface area contributed by atoms with Gasteiger partial charge in [-0.05, 0) is 18.9 Å². The van der Waals surface area contributed by atoms with Gasteiger partial charge in [-0.2, -0.15) is 0 Å². The Hall–Kier alpha value is -0.0800. The number of ether oxygens (including phenoxy) is 1. The highest BCUT2D eigenvalue weighted by atomic mass is 16.5. The van der Waals surface area contributed by atoms with Crippen LogP contribution in [0.25, 0.3) is 0 Å². The van der Waals surface area contributed by atoms with Crippen LogP contribution < -0.4 is 5.32 Å². The van der Waals surface area contributed by atoms with Crippen molar-refractivity contribution >= 4 is 0 Å². The van der Waals surface area contributed by atoms with Crippen LogP contribution in [0.3, 0.4) is 0 Å². The van der Waals surface area contributed by atoms with E-state index in [2.05, 4.69) is 5.32 Å². The molecule has 0 heterocycles. The van der Waals surface area contributed by atoms with Crippen molar-refractivity contribution in [3.8, 4) is 0 Å². The van der Waals surface area contributed by atoms with Crippen molar-refractivity contribution in [3.63, 3.8) is 0 Å². The average Bonchev–Trinajstić information content (AvgIpc) is 2.56. The normalized spacial score (nSPS) is 18.6. The summed E-state index contributed by atoms with van der Waals surface area (Å²) in [4.78, 5) is 0. The highest BCUT2D eigenvalue weighted by Gasteiger charge is 2.11. The Morgan fingerprint density at radius 2 is 1.75 bits per heavy atom. The smallest absolute Gasteiger partial charge is 0.0587 e. The fourth-order valence-electron chi connectivity index (χ4n) is 2.63. The maximum absolute atomic E-state index is 4.99. The van der Waals surface area contributed by atoms with Crippen LogP contribution in [0.5, 0.6) is 0 Å². The first-order valence-corrected chi connectivity index (χ1v) is 7.13. The lowest BCUT2D eigenvalue weighted by atomic mass is 9.94. The van der Waals surface area contributed by atoms with Crippen LogP contribution in [0.4, 0.5) is 0 Å². The molecular weight excluding hydrogens is 198 g/mol. The molecule has 16 heavy (non-hydrogen) atoms. The van der Waals surface area contributed by atoms with Crippen molar-refractivity contribution in [2.24, 2.45) is 5.92 Å². The number of nitrogens with one attached hydrogen (secondary N) is 1. The highest BCUT2D eigenvalue weighted by molar-refractivity contribution is 4.65. The van der Waals surface area contributed by atoms with E-state index in [-0.39, 0.29) is 0 Å². The number of methoxy groups -OCH3 is 1. The summed E-state index contributed by atoms with van der Waals surface area (Å²) >= 11 is 0. The molecule has 0 aromatic rings. The minimum Gasteiger partial charge on any atom is -0.383 e. The quantitative estimate of drug-likeness (QED) is 0.507. The molecule has 0 spiro atoms. The molecule has 2 heteroatoms. The number of unbranched alkanes of at least 4 members (excludes halogenated alkanes) is 1. The van der Waals surface area contributed by atoms with Crippen molar-refractivity contribution in [2.45, 2.75) is 57.8 Å². The predicted molar refractivity (Wildman–Crippen MR) is 69.8 cm³/mol. The van der Waals surface area contributed by atoms with Crippen LogP contribution in [-0.2, 0) is 4.74 Å². The van der Waals surface area contributed by atoms with E-state index in [1.165, 1.54) is 57.8 Å². The van der Waals surface area contributed by atoms with Gasteiger partial charge in [0, 0.05) is 13.7 Å². The monoisotopic (exact) mass is 227 g/mol. The third-order valence-corrected chi connectivity index (χ3v) is 3.67. The Morgan fingerprint density at radius 1 is 1.00 bits per heavy atom. The van der Waals surface area contributed by atoms with Crippen LogP contribution in [0.1, 0.15) is 57.8 Å². The van der Waals surface area contributed by atoms with Gasteiger partial charge < -0.3 is 10.1 Å². The summed E-state index contributed by atoms with van der Waals surface area (Å²) in [5, 5.41) is 3.41. The van der Waals surface area contributed by atoms with Gasteiger partial charge in [0.15, 0.2) is 0 Å². The van der Waals surface area contributed by atoms with Crippen molar-refractivity contribution in [3.05, 3.63) is 0 Å². The van der Waals surface area contributed by atoms with E-state index < -0.39 is 0 Å². The molecule has 2 nitrogen and oxygen atoms in total. The molecule has 1 aliphatic rings. The second-order valence-electron chi connectivity index (χ2n) is 5.10. The molecule has 1 aliphatic carbocycles. The molecule has 0 amide bonds. The van der Waals surface area contributed by atoms with Crippen LogP contribution in [-0.4, -0.2) is 26.8 Å². The first kappa shape index (κ1) is 14.0. The maximum atomic E-state index is 4.99. The fraction of sp³-hybridized carbons (Fsp3) is 1.00. The lowest BCUT2D eigenvalue weighted by molar-refractivity contribution is 0.199. The van der Waals surface area contributed by atoms with Crippen molar-refractivity contribution in [2.75, 3.05) is 26.8 Å². The van der Waals surface area contributed by atoms with E-state index in [0.717, 1.165) is 25.6 Å². The molecule has 0 saturated heterocycles. The minimum absolute atomic E-state index is 0.836. The summed E-state index contributed by atoms with van der Waals surface area (Å²) in [5.74, 6) is 1.04. The molecule has 0 bridgehead atoms. The Morgan fingerprint density at radius 3 is 2.44 bits per heavy atom. The second kappa shape index (κ2) is 10.1. The first-order chi connectivity index (χ1) is 7.93. The van der Waals surface area contributed by atoms with E-state index in [9.17, 15) is 0 Å². The van der Waals surface area contributed by atoms with Crippen LogP contribution in [0.2, 0.25) is 0 Å². The second-order valence-corrected chi connectivity index (χ2v) is 5.10. The summed E-state index contributed by atoms with van der Waals surface area (Å²) in [6.07, 6.45) is 13.1.